The molecule has 4 nitrogen and oxygen atoms in total. The molecule has 0 saturated carbocycles. The van der Waals surface area contributed by atoms with Crippen LogP contribution in [-0.2, 0) is 37.3 Å². The first kappa shape index (κ1) is 51.7. The zero-order valence-corrected chi connectivity index (χ0v) is 47.6. The molecule has 374 valence electrons. The molecule has 71 heavy (non-hydrogen) atoms. The highest BCUT2D eigenvalue weighted by molar-refractivity contribution is 9.10. The summed E-state index contributed by atoms with van der Waals surface area (Å²) in [6.45, 7) is 22.3. The number of anilines is 6. The predicted molar refractivity (Wildman–Crippen MR) is 308 cm³/mol. The van der Waals surface area contributed by atoms with Crippen LogP contribution in [0.15, 0.2) is 130 Å². The lowest BCUT2D eigenvalue weighted by Gasteiger charge is -2.35. The van der Waals surface area contributed by atoms with Crippen molar-refractivity contribution in [2.75, 3.05) is 9.80 Å². The van der Waals surface area contributed by atoms with Gasteiger partial charge in [0.1, 0.15) is 0 Å². The number of ether oxygens (including phenoxy) is 2. The molecule has 6 heteroatoms. The first-order valence-electron chi connectivity index (χ1n) is 27.0. The van der Waals surface area contributed by atoms with Gasteiger partial charge in [-0.25, -0.2) is 0 Å². The molecule has 9 rings (SSSR count). The van der Waals surface area contributed by atoms with E-state index in [9.17, 15) is 0 Å². The number of hydrogen-bond donors (Lipinski definition) is 0. The molecule has 0 aromatic heterocycles. The zero-order valence-electron chi connectivity index (χ0n) is 44.4. The summed E-state index contributed by atoms with van der Waals surface area (Å²) < 4.78 is 15.6. The largest absolute Gasteiger partial charge is 0.360 e. The van der Waals surface area contributed by atoms with E-state index in [1.165, 1.54) is 133 Å². The normalized spacial score (nSPS) is 17.1. The maximum Gasteiger partial charge on any atom is 0.0891 e. The van der Waals surface area contributed by atoms with Gasteiger partial charge in [0.05, 0.1) is 22.4 Å². The molecule has 2 aliphatic heterocycles. The third kappa shape index (κ3) is 10.2. The van der Waals surface area contributed by atoms with E-state index in [2.05, 4.69) is 232 Å². The molecule has 0 fully saturated rings. The van der Waals surface area contributed by atoms with Gasteiger partial charge in [-0.1, -0.05) is 147 Å². The molecule has 0 amide bonds. The Balaban J connectivity index is 1.22. The second kappa shape index (κ2) is 20.6. The van der Waals surface area contributed by atoms with Crippen molar-refractivity contribution in [2.24, 2.45) is 0 Å². The van der Waals surface area contributed by atoms with Crippen LogP contribution >= 0.6 is 31.9 Å². The SMILES string of the molecule is CCCCCCCCC1(CCCCCCCC)c2cc(N(c3ccc(Br)cc3)c3ccc4c(c3)C(C)(C)OC4(C)C)ccc2-c2ccc(N(c3ccc(Br)cc3)c3ccc4c(c3)C(C)(C)OC4(C)C)cc21. The first-order chi connectivity index (χ1) is 33.9. The monoisotopic (exact) mass is 1080 g/mol. The summed E-state index contributed by atoms with van der Waals surface area (Å²) >= 11 is 7.52. The fraction of sp³-hybridized carbons (Fsp3) is 0.446. The average Bonchev–Trinajstić information content (AvgIpc) is 3.79. The van der Waals surface area contributed by atoms with Crippen LogP contribution in [0.25, 0.3) is 11.1 Å². The second-order valence-electron chi connectivity index (χ2n) is 22.9. The Morgan fingerprint density at radius 3 is 1.00 bits per heavy atom. The standard InChI is InChI=1S/C65H78Br2N2O2/c1-11-13-15-17-19-21-39-65(40-22-20-18-16-14-12-2)57-41-49(68(47-27-23-45(66)24-28-47)51-33-37-55-59(43-51)63(7,8)70-61(55,3)4)31-35-53(57)54-36-32-50(42-58(54)65)69(48-29-25-46(67)26-30-48)52-34-38-56-60(44-52)64(9,10)71-62(56,5)6/h23-38,41-44H,11-22,39-40H2,1-10H3. The Kier molecular flexibility index (Phi) is 15.0. The van der Waals surface area contributed by atoms with Crippen LogP contribution < -0.4 is 9.80 Å². The van der Waals surface area contributed by atoms with E-state index in [1.54, 1.807) is 0 Å². The van der Waals surface area contributed by atoms with E-state index in [4.69, 9.17) is 9.47 Å². The summed E-state index contributed by atoms with van der Waals surface area (Å²) in [7, 11) is 0. The molecule has 6 aromatic carbocycles. The highest BCUT2D eigenvalue weighted by Gasteiger charge is 2.46. The van der Waals surface area contributed by atoms with Crippen molar-refractivity contribution in [2.45, 2.75) is 187 Å². The third-order valence-electron chi connectivity index (χ3n) is 16.1. The molecule has 0 N–H and O–H groups in total. The van der Waals surface area contributed by atoms with Crippen molar-refractivity contribution in [1.82, 2.24) is 0 Å². The van der Waals surface area contributed by atoms with Gasteiger partial charge in [0.2, 0.25) is 0 Å². The highest BCUT2D eigenvalue weighted by Crippen LogP contribution is 2.58. The summed E-state index contributed by atoms with van der Waals surface area (Å²) in [5.74, 6) is 0. The average molecular weight is 1080 g/mol. The Labute approximate surface area is 444 Å². The minimum absolute atomic E-state index is 0.168. The number of rotatable bonds is 20. The summed E-state index contributed by atoms with van der Waals surface area (Å²) in [5.41, 5.74) is 16.0. The topological polar surface area (TPSA) is 24.9 Å². The van der Waals surface area contributed by atoms with Crippen molar-refractivity contribution in [3.05, 3.63) is 164 Å². The molecular formula is C65H78Br2N2O2. The third-order valence-corrected chi connectivity index (χ3v) is 17.1. The molecular weight excluding hydrogens is 1000 g/mol. The molecule has 2 heterocycles. The van der Waals surface area contributed by atoms with E-state index in [0.717, 1.165) is 44.5 Å². The number of nitrogens with zero attached hydrogens (tertiary/aromatic N) is 2. The number of benzene rings is 6. The van der Waals surface area contributed by atoms with Crippen LogP contribution in [-0.4, -0.2) is 0 Å². The zero-order chi connectivity index (χ0) is 50.3. The molecule has 3 aliphatic rings. The van der Waals surface area contributed by atoms with Gasteiger partial charge in [0.25, 0.3) is 0 Å². The van der Waals surface area contributed by atoms with Gasteiger partial charge >= 0.3 is 0 Å². The van der Waals surface area contributed by atoms with E-state index >= 15 is 0 Å². The summed E-state index contributed by atoms with van der Waals surface area (Å²) in [6, 6.07) is 46.6. The maximum atomic E-state index is 6.72. The Morgan fingerprint density at radius 1 is 0.338 bits per heavy atom. The fourth-order valence-corrected chi connectivity index (χ4v) is 13.3. The number of fused-ring (bicyclic) bond motifs is 5. The molecule has 1 aliphatic carbocycles. The smallest absolute Gasteiger partial charge is 0.0891 e. The quantitative estimate of drug-likeness (QED) is 0.0712. The van der Waals surface area contributed by atoms with Gasteiger partial charge in [-0.15, -0.1) is 0 Å². The van der Waals surface area contributed by atoms with Gasteiger partial charge in [0, 0.05) is 48.5 Å². The van der Waals surface area contributed by atoms with Crippen LogP contribution in [0.2, 0.25) is 0 Å². The van der Waals surface area contributed by atoms with Gasteiger partial charge < -0.3 is 19.3 Å². The molecule has 0 atom stereocenters. The van der Waals surface area contributed by atoms with Crippen molar-refractivity contribution in [3.63, 3.8) is 0 Å². The maximum absolute atomic E-state index is 6.72. The Morgan fingerprint density at radius 2 is 0.634 bits per heavy atom. The van der Waals surface area contributed by atoms with Crippen molar-refractivity contribution in [1.29, 1.82) is 0 Å². The van der Waals surface area contributed by atoms with Crippen molar-refractivity contribution >= 4 is 66.0 Å². The van der Waals surface area contributed by atoms with Gasteiger partial charge in [-0.3, -0.25) is 0 Å². The van der Waals surface area contributed by atoms with Crippen LogP contribution in [0.3, 0.4) is 0 Å². The van der Waals surface area contributed by atoms with Gasteiger partial charge in [-0.2, -0.15) is 0 Å². The summed E-state index contributed by atoms with van der Waals surface area (Å²) in [4.78, 5) is 4.97. The number of hydrogen-bond acceptors (Lipinski definition) is 4. The van der Waals surface area contributed by atoms with E-state index in [-0.39, 0.29) is 16.6 Å². The van der Waals surface area contributed by atoms with Crippen LogP contribution in [0.5, 0.6) is 0 Å². The van der Waals surface area contributed by atoms with Crippen molar-refractivity contribution in [3.8, 4) is 11.1 Å². The molecule has 0 saturated heterocycles. The molecule has 0 spiro atoms. The lowest BCUT2D eigenvalue weighted by atomic mass is 9.70. The molecule has 0 bridgehead atoms. The van der Waals surface area contributed by atoms with Crippen molar-refractivity contribution < 1.29 is 9.47 Å². The fourth-order valence-electron chi connectivity index (χ4n) is 12.8. The minimum atomic E-state index is -0.411. The van der Waals surface area contributed by atoms with Gasteiger partial charge in [0.15, 0.2) is 0 Å². The van der Waals surface area contributed by atoms with E-state index < -0.39 is 11.2 Å². The Hall–Kier alpha value is -4.20. The lowest BCUT2D eigenvalue weighted by Crippen LogP contribution is -2.26. The summed E-state index contributed by atoms with van der Waals surface area (Å²) in [5, 5.41) is 0. The number of halogens is 2. The molecule has 0 radical (unpaired) electrons. The lowest BCUT2D eigenvalue weighted by molar-refractivity contribution is -0.105. The van der Waals surface area contributed by atoms with Crippen LogP contribution in [0.1, 0.15) is 193 Å². The van der Waals surface area contributed by atoms with Crippen LogP contribution in [0.4, 0.5) is 34.1 Å². The Bertz CT molecular complexity index is 2650. The number of unbranched alkanes of at least 4 members (excludes halogenated alkanes) is 10. The molecule has 6 aromatic rings. The molecule has 0 unspecified atom stereocenters. The predicted octanol–water partition coefficient (Wildman–Crippen LogP) is 20.9. The summed E-state index contributed by atoms with van der Waals surface area (Å²) in [6.07, 6.45) is 17.5. The van der Waals surface area contributed by atoms with E-state index in [1.807, 2.05) is 0 Å². The minimum Gasteiger partial charge on any atom is -0.360 e. The second-order valence-corrected chi connectivity index (χ2v) is 24.7. The van der Waals surface area contributed by atoms with E-state index in [0.29, 0.717) is 0 Å². The first-order valence-corrected chi connectivity index (χ1v) is 28.6. The van der Waals surface area contributed by atoms with Crippen LogP contribution in [0, 0.1) is 0 Å². The van der Waals surface area contributed by atoms with Gasteiger partial charge in [-0.05, 0) is 210 Å². The highest BCUT2D eigenvalue weighted by atomic mass is 79.9.